The van der Waals surface area contributed by atoms with Crippen molar-refractivity contribution in [2.75, 3.05) is 0 Å². The van der Waals surface area contributed by atoms with Gasteiger partial charge in [-0.15, -0.1) is 0 Å². The highest BCUT2D eigenvalue weighted by Crippen LogP contribution is 2.53. The van der Waals surface area contributed by atoms with Crippen LogP contribution in [0, 0.1) is 6.92 Å². The summed E-state index contributed by atoms with van der Waals surface area (Å²) >= 11 is 0. The Balaban J connectivity index is 1.63. The Kier molecular flexibility index (Phi) is 7.28. The van der Waals surface area contributed by atoms with Crippen LogP contribution in [0.5, 0.6) is 0 Å². The Labute approximate surface area is 268 Å². The van der Waals surface area contributed by atoms with Gasteiger partial charge in [0.05, 0.1) is 5.56 Å². The lowest BCUT2D eigenvalue weighted by Gasteiger charge is -2.22. The van der Waals surface area contributed by atoms with Gasteiger partial charge in [0.2, 0.25) is 0 Å². The SMILES string of the molecule is Cc1cc(-c2ccccc2)cccc(-c2ccc(C(F)(F)F)cc2)c2ccccc2c1-c1cccc2c1-c1ccccc1C2(C)C. The molecule has 1 aliphatic carbocycles. The van der Waals surface area contributed by atoms with Crippen LogP contribution in [0.4, 0.5) is 13.2 Å². The zero-order valence-corrected chi connectivity index (χ0v) is 26.0. The molecule has 0 bridgehead atoms. The molecule has 0 fully saturated rings. The molecule has 0 nitrogen and oxygen atoms in total. The second-order valence-electron chi connectivity index (χ2n) is 12.5. The van der Waals surface area contributed by atoms with Crippen molar-refractivity contribution in [3.63, 3.8) is 0 Å². The smallest absolute Gasteiger partial charge is 0.166 e. The minimum atomic E-state index is -4.40. The predicted octanol–water partition coefficient (Wildman–Crippen LogP) is 12.6. The highest BCUT2D eigenvalue weighted by molar-refractivity contribution is 6.07. The molecule has 0 amide bonds. The fourth-order valence-electron chi connectivity index (χ4n) is 7.06. The van der Waals surface area contributed by atoms with Crippen LogP contribution in [0.25, 0.3) is 55.3 Å². The van der Waals surface area contributed by atoms with Gasteiger partial charge in [0.1, 0.15) is 0 Å². The first-order valence-corrected chi connectivity index (χ1v) is 15.5. The van der Waals surface area contributed by atoms with Crippen molar-refractivity contribution in [1.82, 2.24) is 0 Å². The number of fused-ring (bicyclic) bond motifs is 4. The summed E-state index contributed by atoms with van der Waals surface area (Å²) in [5.41, 5.74) is 11.3. The second-order valence-corrected chi connectivity index (χ2v) is 12.5. The third kappa shape index (κ3) is 5.06. The summed E-state index contributed by atoms with van der Waals surface area (Å²) in [6, 6.07) is 47.6. The number of benzene rings is 5. The van der Waals surface area contributed by atoms with Crippen molar-refractivity contribution in [3.05, 3.63) is 168 Å². The minimum absolute atomic E-state index is 0.162. The maximum Gasteiger partial charge on any atom is 0.416 e. The first kappa shape index (κ1) is 29.6. The van der Waals surface area contributed by atoms with Crippen LogP contribution >= 0.6 is 0 Å². The lowest BCUT2D eigenvalue weighted by molar-refractivity contribution is -0.137. The molecule has 0 aromatic heterocycles. The topological polar surface area (TPSA) is 0 Å². The molecular formula is C43H33F3. The maximum absolute atomic E-state index is 13.5. The molecule has 3 heteroatoms. The molecule has 0 N–H and O–H groups in total. The summed E-state index contributed by atoms with van der Waals surface area (Å²) in [6.45, 7) is 6.73. The summed E-state index contributed by atoms with van der Waals surface area (Å²) in [5.74, 6) is 0. The summed E-state index contributed by atoms with van der Waals surface area (Å²) in [4.78, 5) is 0. The number of hydrogen-bond donors (Lipinski definition) is 0. The second kappa shape index (κ2) is 11.3. The molecule has 226 valence electrons. The fourth-order valence-corrected chi connectivity index (χ4v) is 7.06. The van der Waals surface area contributed by atoms with Gasteiger partial charge in [0.25, 0.3) is 0 Å². The van der Waals surface area contributed by atoms with Gasteiger partial charge < -0.3 is 0 Å². The monoisotopic (exact) mass is 606 g/mol. The van der Waals surface area contributed by atoms with Gasteiger partial charge in [0.15, 0.2) is 0 Å². The molecule has 0 aliphatic heterocycles. The van der Waals surface area contributed by atoms with Crippen molar-refractivity contribution >= 4 is 10.8 Å². The van der Waals surface area contributed by atoms with Crippen molar-refractivity contribution in [2.45, 2.75) is 32.4 Å². The van der Waals surface area contributed by atoms with Crippen LogP contribution in [-0.4, -0.2) is 0 Å². The molecule has 46 heavy (non-hydrogen) atoms. The maximum atomic E-state index is 13.5. The molecule has 0 spiro atoms. The van der Waals surface area contributed by atoms with E-state index in [4.69, 9.17) is 0 Å². The third-order valence-electron chi connectivity index (χ3n) is 9.30. The molecule has 7 rings (SSSR count). The highest BCUT2D eigenvalue weighted by Gasteiger charge is 2.37. The van der Waals surface area contributed by atoms with E-state index >= 15 is 0 Å². The average molecular weight is 607 g/mol. The first-order chi connectivity index (χ1) is 22.1. The van der Waals surface area contributed by atoms with Gasteiger partial charge in [-0.1, -0.05) is 147 Å². The van der Waals surface area contributed by atoms with Gasteiger partial charge in [-0.25, -0.2) is 0 Å². The Morgan fingerprint density at radius 2 is 1.02 bits per heavy atom. The fraction of sp³-hybridized carbons (Fsp3) is 0.116. The molecule has 0 heterocycles. The van der Waals surface area contributed by atoms with E-state index in [-0.39, 0.29) is 5.41 Å². The van der Waals surface area contributed by atoms with Crippen molar-refractivity contribution in [3.8, 4) is 44.5 Å². The van der Waals surface area contributed by atoms with Gasteiger partial charge in [0, 0.05) is 5.41 Å². The standard InChI is InChI=1S/C43H33F3/c1-28-27-31(29-13-5-4-6-14-29)15-11-19-33(30-23-25-32(26-24-30)43(44,45)46)34-16-7-8-17-35(34)40(28)37-20-12-22-39-41(37)36-18-9-10-21-38(36)42(39,2)3/h4-27H,1-3H3. The van der Waals surface area contributed by atoms with Crippen molar-refractivity contribution in [1.29, 1.82) is 0 Å². The van der Waals surface area contributed by atoms with Gasteiger partial charge >= 0.3 is 6.18 Å². The first-order valence-electron chi connectivity index (χ1n) is 15.5. The minimum Gasteiger partial charge on any atom is -0.166 e. The average Bonchev–Trinajstić information content (AvgIpc) is 3.30. The molecule has 6 aromatic rings. The Morgan fingerprint density at radius 3 is 1.76 bits per heavy atom. The summed E-state index contributed by atoms with van der Waals surface area (Å²) < 4.78 is 40.6. The quantitative estimate of drug-likeness (QED) is 0.188. The molecule has 0 unspecified atom stereocenters. The zero-order chi connectivity index (χ0) is 32.1. The van der Waals surface area contributed by atoms with Crippen molar-refractivity contribution in [2.24, 2.45) is 0 Å². The highest BCUT2D eigenvalue weighted by atomic mass is 19.4. The van der Waals surface area contributed by atoms with E-state index in [2.05, 4.69) is 99.6 Å². The number of aryl methyl sites for hydroxylation is 1. The summed E-state index contributed by atoms with van der Waals surface area (Å²) in [6.07, 6.45) is -4.40. The number of rotatable bonds is 3. The molecule has 0 saturated heterocycles. The van der Waals surface area contributed by atoms with E-state index in [0.29, 0.717) is 0 Å². The Hall–Kier alpha value is -5.15. The lowest BCUT2D eigenvalue weighted by atomic mass is 9.81. The summed E-state index contributed by atoms with van der Waals surface area (Å²) in [7, 11) is 0. The van der Waals surface area contributed by atoms with Crippen molar-refractivity contribution < 1.29 is 13.2 Å². The molecule has 6 aromatic carbocycles. The van der Waals surface area contributed by atoms with E-state index in [0.717, 1.165) is 49.7 Å². The van der Waals surface area contributed by atoms with Gasteiger partial charge in [-0.3, -0.25) is 0 Å². The number of hydrogen-bond acceptors (Lipinski definition) is 0. The van der Waals surface area contributed by atoms with Crippen LogP contribution in [0.15, 0.2) is 146 Å². The lowest BCUT2D eigenvalue weighted by Crippen LogP contribution is -2.14. The normalized spacial score (nSPS) is 13.2. The molecule has 0 saturated carbocycles. The zero-order valence-electron chi connectivity index (χ0n) is 26.0. The third-order valence-corrected chi connectivity index (χ3v) is 9.30. The van der Waals surface area contributed by atoms with E-state index < -0.39 is 11.7 Å². The van der Waals surface area contributed by atoms with E-state index in [1.807, 2.05) is 42.5 Å². The van der Waals surface area contributed by atoms with Gasteiger partial charge in [-0.05, 0) is 91.0 Å². The molecule has 1 aliphatic rings. The predicted molar refractivity (Wildman–Crippen MR) is 185 cm³/mol. The molecular weight excluding hydrogens is 573 g/mol. The Morgan fingerprint density at radius 1 is 0.457 bits per heavy atom. The van der Waals surface area contributed by atoms with Crippen LogP contribution < -0.4 is 0 Å². The molecule has 0 atom stereocenters. The molecule has 0 radical (unpaired) electrons. The Bertz CT molecular complexity index is 2150. The largest absolute Gasteiger partial charge is 0.416 e. The van der Waals surface area contributed by atoms with E-state index in [1.54, 1.807) is 12.1 Å². The van der Waals surface area contributed by atoms with Crippen LogP contribution in [-0.2, 0) is 11.6 Å². The van der Waals surface area contributed by atoms with E-state index in [9.17, 15) is 13.2 Å². The summed E-state index contributed by atoms with van der Waals surface area (Å²) in [5, 5.41) is 1.99. The number of halogens is 3. The number of alkyl halides is 3. The van der Waals surface area contributed by atoms with Gasteiger partial charge in [-0.2, -0.15) is 13.2 Å². The van der Waals surface area contributed by atoms with E-state index in [1.165, 1.54) is 34.4 Å². The van der Waals surface area contributed by atoms with Crippen LogP contribution in [0.1, 0.15) is 36.1 Å². The van der Waals surface area contributed by atoms with Crippen LogP contribution in [0.2, 0.25) is 0 Å². The van der Waals surface area contributed by atoms with Crippen LogP contribution in [0.3, 0.4) is 0 Å².